The van der Waals surface area contributed by atoms with Crippen LogP contribution in [0.15, 0.2) is 12.2 Å². The van der Waals surface area contributed by atoms with Crippen LogP contribution in [0.2, 0.25) is 0 Å². The summed E-state index contributed by atoms with van der Waals surface area (Å²) in [5, 5.41) is 28.4. The number of aliphatic hydroxyl groups excluding tert-OH is 2. The van der Waals surface area contributed by atoms with Gasteiger partial charge in [0, 0.05) is 31.3 Å². The van der Waals surface area contributed by atoms with E-state index in [-0.39, 0.29) is 43.0 Å². The summed E-state index contributed by atoms with van der Waals surface area (Å²) in [4.78, 5) is 22.7. The van der Waals surface area contributed by atoms with E-state index in [2.05, 4.69) is 6.92 Å². The molecule has 1 fully saturated rings. The van der Waals surface area contributed by atoms with Crippen LogP contribution < -0.4 is 0 Å². The molecule has 0 heterocycles. The first-order valence-corrected chi connectivity index (χ1v) is 10.2. The van der Waals surface area contributed by atoms with Crippen LogP contribution >= 0.6 is 0 Å². The van der Waals surface area contributed by atoms with Gasteiger partial charge in [0.05, 0.1) is 6.10 Å². The van der Waals surface area contributed by atoms with Crippen LogP contribution in [-0.4, -0.2) is 39.8 Å². The molecule has 1 aliphatic carbocycles. The summed E-state index contributed by atoms with van der Waals surface area (Å²) in [6, 6.07) is 0. The largest absolute Gasteiger partial charge is 0.481 e. The average Bonchev–Trinajstić information content (AvgIpc) is 2.87. The van der Waals surface area contributed by atoms with Gasteiger partial charge in [-0.05, 0) is 25.2 Å². The van der Waals surface area contributed by atoms with Crippen LogP contribution in [0.5, 0.6) is 0 Å². The van der Waals surface area contributed by atoms with E-state index >= 15 is 0 Å². The number of aliphatic carboxylic acids is 1. The van der Waals surface area contributed by atoms with Crippen molar-refractivity contribution in [3.05, 3.63) is 12.2 Å². The second-order valence-electron chi connectivity index (χ2n) is 7.59. The lowest BCUT2D eigenvalue weighted by molar-refractivity contribution is -0.137. The van der Waals surface area contributed by atoms with Gasteiger partial charge < -0.3 is 15.3 Å². The maximum atomic E-state index is 12.2. The van der Waals surface area contributed by atoms with Gasteiger partial charge in [-0.2, -0.15) is 0 Å². The minimum atomic E-state index is -0.762. The van der Waals surface area contributed by atoms with Gasteiger partial charge in [0.1, 0.15) is 5.78 Å². The summed E-state index contributed by atoms with van der Waals surface area (Å²) >= 11 is 0. The zero-order valence-corrected chi connectivity index (χ0v) is 16.1. The minimum absolute atomic E-state index is 0.0983. The second kappa shape index (κ2) is 13.0. The van der Waals surface area contributed by atoms with E-state index in [1.54, 1.807) is 0 Å². The first-order valence-electron chi connectivity index (χ1n) is 10.2. The maximum Gasteiger partial charge on any atom is 0.303 e. The molecule has 1 unspecified atom stereocenters. The maximum absolute atomic E-state index is 12.2. The molecule has 150 valence electrons. The number of aliphatic hydroxyl groups is 2. The van der Waals surface area contributed by atoms with Gasteiger partial charge in [0.25, 0.3) is 0 Å². The Morgan fingerprint density at radius 3 is 2.58 bits per heavy atom. The van der Waals surface area contributed by atoms with Gasteiger partial charge in [0.15, 0.2) is 0 Å². The van der Waals surface area contributed by atoms with E-state index in [0.29, 0.717) is 6.42 Å². The van der Waals surface area contributed by atoms with Gasteiger partial charge in [-0.3, -0.25) is 9.59 Å². The van der Waals surface area contributed by atoms with Crippen molar-refractivity contribution >= 4 is 11.8 Å². The van der Waals surface area contributed by atoms with Crippen LogP contribution in [0.25, 0.3) is 0 Å². The van der Waals surface area contributed by atoms with Crippen LogP contribution in [0.1, 0.15) is 77.6 Å². The Morgan fingerprint density at radius 1 is 1.19 bits per heavy atom. The summed E-state index contributed by atoms with van der Waals surface area (Å²) in [5.74, 6) is -0.829. The molecule has 0 amide bonds. The number of carboxylic acid groups (broad SMARTS) is 1. The SMILES string of the molecule is CCCCCC(C=C[C@H]1[C@H](O)CC(=O)[C@@H]1CCCCCCC(=O)O)CO. The van der Waals surface area contributed by atoms with Gasteiger partial charge in [-0.15, -0.1) is 0 Å². The molecule has 26 heavy (non-hydrogen) atoms. The minimum Gasteiger partial charge on any atom is -0.481 e. The van der Waals surface area contributed by atoms with E-state index in [4.69, 9.17) is 5.11 Å². The third-order valence-electron chi connectivity index (χ3n) is 5.41. The zero-order valence-electron chi connectivity index (χ0n) is 16.1. The van der Waals surface area contributed by atoms with Gasteiger partial charge in [0.2, 0.25) is 0 Å². The summed E-state index contributed by atoms with van der Waals surface area (Å²) in [6.07, 6.45) is 12.1. The Hall–Kier alpha value is -1.20. The van der Waals surface area contributed by atoms with Crippen molar-refractivity contribution in [1.29, 1.82) is 0 Å². The van der Waals surface area contributed by atoms with Crippen LogP contribution in [-0.2, 0) is 9.59 Å². The molecule has 5 heteroatoms. The predicted molar refractivity (Wildman–Crippen MR) is 102 cm³/mol. The Bertz CT molecular complexity index is 446. The lowest BCUT2D eigenvalue weighted by Crippen LogP contribution is -2.19. The third kappa shape index (κ3) is 8.45. The van der Waals surface area contributed by atoms with Crippen molar-refractivity contribution in [2.24, 2.45) is 17.8 Å². The number of carbonyl (C=O) groups excluding carboxylic acids is 1. The van der Waals surface area contributed by atoms with E-state index in [9.17, 15) is 19.8 Å². The second-order valence-corrected chi connectivity index (χ2v) is 7.59. The fraction of sp³-hybridized carbons (Fsp3) is 0.810. The number of ketones is 1. The van der Waals surface area contributed by atoms with Crippen molar-refractivity contribution in [2.45, 2.75) is 83.7 Å². The number of hydrogen-bond donors (Lipinski definition) is 3. The summed E-state index contributed by atoms with van der Waals surface area (Å²) in [6.45, 7) is 2.25. The number of Topliss-reactive ketones (excluding diaryl/α,β-unsaturated/α-hetero) is 1. The number of carboxylic acids is 1. The number of carbonyl (C=O) groups is 2. The molecule has 3 N–H and O–H groups in total. The standard InChI is InChI=1S/C21H36O5/c1-2-3-6-9-16(15-22)12-13-18-17(19(23)14-20(18)24)10-7-4-5-8-11-21(25)26/h12-13,16-18,20,22,24H,2-11,14-15H2,1H3,(H,25,26)/t16?,17-,18-,20-/m1/s1. The van der Waals surface area contributed by atoms with Gasteiger partial charge in [-0.25, -0.2) is 0 Å². The van der Waals surface area contributed by atoms with E-state index in [0.717, 1.165) is 51.4 Å². The quantitative estimate of drug-likeness (QED) is 0.321. The summed E-state index contributed by atoms with van der Waals surface area (Å²) < 4.78 is 0. The van der Waals surface area contributed by atoms with Crippen molar-refractivity contribution < 1.29 is 24.9 Å². The molecule has 4 atom stereocenters. The highest BCUT2D eigenvalue weighted by Gasteiger charge is 2.39. The van der Waals surface area contributed by atoms with Gasteiger partial charge >= 0.3 is 5.97 Å². The fourth-order valence-corrected chi connectivity index (χ4v) is 3.78. The Balaban J connectivity index is 2.46. The fourth-order valence-electron chi connectivity index (χ4n) is 3.78. The molecule has 1 aliphatic rings. The molecular formula is C21H36O5. The molecule has 1 rings (SSSR count). The smallest absolute Gasteiger partial charge is 0.303 e. The van der Waals surface area contributed by atoms with Gasteiger partial charge in [-0.1, -0.05) is 57.6 Å². The topological polar surface area (TPSA) is 94.8 Å². The van der Waals surface area contributed by atoms with Crippen molar-refractivity contribution in [3.63, 3.8) is 0 Å². The number of rotatable bonds is 14. The molecule has 0 aromatic carbocycles. The lowest BCUT2D eigenvalue weighted by Gasteiger charge is -2.18. The number of hydrogen-bond acceptors (Lipinski definition) is 4. The van der Waals surface area contributed by atoms with E-state index in [1.165, 1.54) is 0 Å². The highest BCUT2D eigenvalue weighted by molar-refractivity contribution is 5.84. The molecule has 0 aliphatic heterocycles. The predicted octanol–water partition coefficient (Wildman–Crippen LogP) is 3.72. The molecular weight excluding hydrogens is 332 g/mol. The Kier molecular flexibility index (Phi) is 11.5. The molecule has 0 saturated heterocycles. The Morgan fingerprint density at radius 2 is 1.92 bits per heavy atom. The average molecular weight is 369 g/mol. The highest BCUT2D eigenvalue weighted by Crippen LogP contribution is 2.34. The third-order valence-corrected chi connectivity index (χ3v) is 5.41. The molecule has 0 aromatic heterocycles. The molecule has 0 aromatic rings. The molecule has 0 radical (unpaired) electrons. The van der Waals surface area contributed by atoms with Crippen molar-refractivity contribution in [2.75, 3.05) is 6.61 Å². The first kappa shape index (κ1) is 22.8. The monoisotopic (exact) mass is 368 g/mol. The molecule has 0 bridgehead atoms. The summed E-state index contributed by atoms with van der Waals surface area (Å²) in [5.41, 5.74) is 0. The summed E-state index contributed by atoms with van der Waals surface area (Å²) in [7, 11) is 0. The molecule has 1 saturated carbocycles. The molecule has 0 spiro atoms. The highest BCUT2D eigenvalue weighted by atomic mass is 16.4. The van der Waals surface area contributed by atoms with Crippen LogP contribution in [0.4, 0.5) is 0 Å². The normalized spacial score (nSPS) is 24.4. The van der Waals surface area contributed by atoms with E-state index < -0.39 is 12.1 Å². The van der Waals surface area contributed by atoms with Crippen LogP contribution in [0, 0.1) is 17.8 Å². The zero-order chi connectivity index (χ0) is 19.4. The lowest BCUT2D eigenvalue weighted by atomic mass is 9.87. The van der Waals surface area contributed by atoms with Crippen molar-refractivity contribution in [1.82, 2.24) is 0 Å². The molecule has 5 nitrogen and oxygen atoms in total. The first-order chi connectivity index (χ1) is 12.5. The van der Waals surface area contributed by atoms with Crippen LogP contribution in [0.3, 0.4) is 0 Å². The number of unbranched alkanes of at least 4 members (excludes halogenated alkanes) is 5. The van der Waals surface area contributed by atoms with E-state index in [1.807, 2.05) is 12.2 Å². The Labute approximate surface area is 157 Å². The van der Waals surface area contributed by atoms with Crippen molar-refractivity contribution in [3.8, 4) is 0 Å².